The van der Waals surface area contributed by atoms with Gasteiger partial charge in [0.2, 0.25) is 0 Å². The van der Waals surface area contributed by atoms with E-state index in [1.165, 1.54) is 0 Å². The molecule has 64 rings (SSSR count). The summed E-state index contributed by atoms with van der Waals surface area (Å²) in [5, 5.41) is 180. The summed E-state index contributed by atoms with van der Waals surface area (Å²) in [5.74, 6) is 11.1. The SMILES string of the molecule is C(#CC12c3c4c5c6c7c8c(c9c%10c1c1c3c3c%11c4c4c5c5c7c7c%12c8c8c9c9c%10c%10c1c1c3c3c%11c%11c4c4c5c7c5c7c%12c8c8c9c9c%10c1c1c3c3c%11c4c5c4c7c8c9c1c34)C62)C12c3c4c5c6c7c8c(c9c%10c1c1c3c3c%11c4c4c5c5c7c7c%12c8c8c9c9c%10c%10c1c1c3c3c%11c%11c4c4c5c7c5c7c%12c8c8c9c9c%10c1c1c3c3c%11c4c5c4c7c8c9c1c34)C62. The number of hydrogen-bond acceptors (Lipinski definition) is 0. The highest BCUT2D eigenvalue weighted by Gasteiger charge is 2.68. The van der Waals surface area contributed by atoms with Crippen LogP contribution in [0.5, 0.6) is 0 Å². The molecule has 0 bridgehead atoms. The third kappa shape index (κ3) is 2.14. The van der Waals surface area contributed by atoms with E-state index in [0.717, 1.165) is 0 Å². The topological polar surface area (TPSA) is 0 Å². The molecule has 122 heavy (non-hydrogen) atoms. The Bertz CT molecular complexity index is 14200. The summed E-state index contributed by atoms with van der Waals surface area (Å²) in [5.41, 5.74) is 12.2. The minimum atomic E-state index is -0.727. The Morgan fingerprint density at radius 2 is 0.148 bits per heavy atom. The van der Waals surface area contributed by atoms with E-state index in [4.69, 9.17) is 11.8 Å². The minimum absolute atomic E-state index is 0.0189. The van der Waals surface area contributed by atoms with Crippen molar-refractivity contribution >= 4 is 582 Å². The van der Waals surface area contributed by atoms with Gasteiger partial charge in [-0.1, -0.05) is 11.8 Å². The molecule has 56 aromatic rings. The van der Waals surface area contributed by atoms with Crippen molar-refractivity contribution in [1.29, 1.82) is 0 Å². The quantitative estimate of drug-likeness (QED) is 0.105. The molecule has 0 fully saturated rings. The number of rotatable bonds is 0. The Kier molecular flexibility index (Phi) is 3.21. The first kappa shape index (κ1) is 42.2. The molecule has 0 atom stereocenters. The van der Waals surface area contributed by atoms with E-state index >= 15 is 0 Å². The molecule has 0 N–H and O–H groups in total. The summed E-state index contributed by atoms with van der Waals surface area (Å²) in [4.78, 5) is 0. The van der Waals surface area contributed by atoms with E-state index in [1.54, 1.807) is 626 Å². The third-order valence-electron chi connectivity index (χ3n) is 46.7. The average Bonchev–Trinajstić information content (AvgIpc) is 1.39. The van der Waals surface area contributed by atoms with Crippen molar-refractivity contribution in [2.75, 3.05) is 0 Å². The lowest BCUT2D eigenvalue weighted by Gasteiger charge is -2.44. The van der Waals surface area contributed by atoms with Crippen LogP contribution in [-0.2, 0) is 10.8 Å². The molecule has 8 aliphatic rings. The van der Waals surface area contributed by atoms with Gasteiger partial charge in [-0.2, -0.15) is 0 Å². The molecule has 0 unspecified atom stereocenters. The van der Waals surface area contributed by atoms with Crippen LogP contribution < -0.4 is 0 Å². The number of benzene rings is 36. The molecule has 0 nitrogen and oxygen atoms in total. The molecule has 0 saturated carbocycles. The third-order valence-corrected chi connectivity index (χ3v) is 46.7. The highest BCUT2D eigenvalue weighted by atomic mass is 14.7. The predicted molar refractivity (Wildman–Crippen MR) is 518 cm³/mol. The monoisotopic (exact) mass is 1470 g/mol. The Morgan fingerprint density at radius 3 is 0.246 bits per heavy atom. The minimum Gasteiger partial charge on any atom is -0.0844 e. The van der Waals surface area contributed by atoms with Crippen LogP contribution in [0.3, 0.4) is 0 Å². The van der Waals surface area contributed by atoms with Gasteiger partial charge >= 0.3 is 0 Å². The fourth-order valence-corrected chi connectivity index (χ4v) is 47.0. The maximum Gasteiger partial charge on any atom is 0.0946 e. The van der Waals surface area contributed by atoms with Crippen molar-refractivity contribution in [1.82, 2.24) is 0 Å². The van der Waals surface area contributed by atoms with E-state index < -0.39 is 10.8 Å². The molecule has 490 valence electrons. The Balaban J connectivity index is 0.715. The van der Waals surface area contributed by atoms with Crippen molar-refractivity contribution in [2.24, 2.45) is 0 Å². The second kappa shape index (κ2) is 9.27. The van der Waals surface area contributed by atoms with Gasteiger partial charge in [-0.05, 0) is 626 Å². The molecule has 0 amide bonds. The lowest BCUT2D eigenvalue weighted by atomic mass is 9.55. The zero-order valence-corrected chi connectivity index (χ0v) is 61.2. The smallest absolute Gasteiger partial charge is 0.0844 e. The van der Waals surface area contributed by atoms with Crippen molar-refractivity contribution in [2.45, 2.75) is 22.7 Å². The summed E-state index contributed by atoms with van der Waals surface area (Å²) in [7, 11) is 0. The molecular formula is C122H2. The van der Waals surface area contributed by atoms with E-state index in [0.29, 0.717) is 0 Å². The molecule has 0 aromatic heterocycles. The molecule has 8 aliphatic carbocycles. The molecule has 0 spiro atoms. The Morgan fingerprint density at radius 1 is 0.0820 bits per heavy atom. The predicted octanol–water partition coefficient (Wildman–Crippen LogP) is 33.3. The molecule has 56 aromatic carbocycles. The first-order valence-electron chi connectivity index (χ1n) is 46.0. The Hall–Kier alpha value is -15.5. The van der Waals surface area contributed by atoms with Gasteiger partial charge in [-0.3, -0.25) is 0 Å². The summed E-state index contributed by atoms with van der Waals surface area (Å²) < 4.78 is 0. The van der Waals surface area contributed by atoms with Crippen LogP contribution in [0.1, 0.15) is 56.3 Å². The van der Waals surface area contributed by atoms with E-state index in [-0.39, 0.29) is 11.8 Å². The maximum absolute atomic E-state index is 5.55. The number of hydrogen-bond donors (Lipinski definition) is 0. The highest BCUT2D eigenvalue weighted by Crippen LogP contribution is 2.89. The lowest BCUT2D eigenvalue weighted by Crippen LogP contribution is -2.39. The van der Waals surface area contributed by atoms with Crippen LogP contribution in [0.15, 0.2) is 0 Å². The van der Waals surface area contributed by atoms with Crippen LogP contribution in [0.4, 0.5) is 0 Å². The van der Waals surface area contributed by atoms with Crippen LogP contribution in [0.25, 0.3) is 582 Å². The van der Waals surface area contributed by atoms with Crippen molar-refractivity contribution in [3.05, 3.63) is 44.5 Å². The van der Waals surface area contributed by atoms with Crippen LogP contribution >= 0.6 is 0 Å². The molecule has 0 radical (unpaired) electrons. The van der Waals surface area contributed by atoms with E-state index in [2.05, 4.69) is 0 Å². The second-order valence-electron chi connectivity index (χ2n) is 46.4. The molecule has 0 heterocycles. The summed E-state index contributed by atoms with van der Waals surface area (Å²) in [6.45, 7) is 0. The zero-order chi connectivity index (χ0) is 70.5. The van der Waals surface area contributed by atoms with Gasteiger partial charge in [0, 0.05) is 11.8 Å². The summed E-state index contributed by atoms with van der Waals surface area (Å²) in [6, 6.07) is 0. The summed E-state index contributed by atoms with van der Waals surface area (Å²) >= 11 is 0. The largest absolute Gasteiger partial charge is 0.0946 e. The normalized spacial score (nSPS) is 22.1. The molecule has 0 heteroatoms. The molecular weight excluding hydrogens is 1470 g/mol. The van der Waals surface area contributed by atoms with Gasteiger partial charge in [-0.25, -0.2) is 0 Å². The molecule has 0 aliphatic heterocycles. The van der Waals surface area contributed by atoms with Crippen LogP contribution in [0, 0.1) is 11.8 Å². The zero-order valence-electron chi connectivity index (χ0n) is 61.2. The van der Waals surface area contributed by atoms with Gasteiger partial charge in [0.15, 0.2) is 0 Å². The highest BCUT2D eigenvalue weighted by molar-refractivity contribution is 6.88. The standard InChI is InChI=1S/C122H2/c1(121-115-107-95-67-51-35-11-5-3-6-12(11)36-40-32-20(6)24-16-9(3)15-23-19(5)31-39(35)63(67)79-75-47(31)43(23)59-55-27(15)28(16)56-60-44(24)48(32)76-80-64(40)68(52(36)51)96(95)108(115)100(80)104-88(76)84(60)92-72(56)71(55)91-83(59)87(75)103(99(79)107)117(121)111(91)112(92)118(104)121)2-122-116-109-97-69-53-37-13-7-4-8-14(13)38-42-34-22(8)26-18-10(4)17-25-21(7)33-41(37)65(69)81-77-49(33)45(25)61-57-29(17)30(18)58-62-46(26)50(34)78-82-66(42)70(54(38)53)98(97)110(116)102(82)106-90(78)86(62)94-74(58)73(57)93-85(61)89(77)105(101(81)109)119(122)113(93)114(94)120(106)122/h115-116H. The van der Waals surface area contributed by atoms with Gasteiger partial charge < -0.3 is 0 Å². The second-order valence-corrected chi connectivity index (χ2v) is 46.4. The Labute approximate surface area is 655 Å². The van der Waals surface area contributed by atoms with Crippen molar-refractivity contribution < 1.29 is 0 Å². The maximum atomic E-state index is 5.55. The lowest BCUT2D eigenvalue weighted by molar-refractivity contribution is 0.588. The van der Waals surface area contributed by atoms with Gasteiger partial charge in [0.05, 0.1) is 10.8 Å². The van der Waals surface area contributed by atoms with Gasteiger partial charge in [0.25, 0.3) is 0 Å². The van der Waals surface area contributed by atoms with Crippen molar-refractivity contribution in [3.63, 3.8) is 0 Å². The molecule has 0 saturated heterocycles. The van der Waals surface area contributed by atoms with Gasteiger partial charge in [0.1, 0.15) is 0 Å². The average molecular weight is 1470 g/mol. The summed E-state index contributed by atoms with van der Waals surface area (Å²) in [6.07, 6.45) is 0. The van der Waals surface area contributed by atoms with E-state index in [9.17, 15) is 0 Å². The fourth-order valence-electron chi connectivity index (χ4n) is 47.0. The first-order chi connectivity index (χ1) is 60.9. The van der Waals surface area contributed by atoms with Crippen molar-refractivity contribution in [3.8, 4) is 11.8 Å². The fraction of sp³-hybridized carbons (Fsp3) is 0.0328. The van der Waals surface area contributed by atoms with Crippen LogP contribution in [0.2, 0.25) is 0 Å². The first-order valence-corrected chi connectivity index (χ1v) is 46.0. The van der Waals surface area contributed by atoms with E-state index in [1.807, 2.05) is 0 Å². The van der Waals surface area contributed by atoms with Gasteiger partial charge in [-0.15, -0.1) is 0 Å². The van der Waals surface area contributed by atoms with Crippen LogP contribution in [-0.4, -0.2) is 0 Å².